The maximum absolute atomic E-state index is 13.0. The van der Waals surface area contributed by atoms with E-state index in [1.807, 2.05) is 6.26 Å². The average Bonchev–Trinajstić information content (AvgIpc) is 2.68. The molecule has 18 heavy (non-hydrogen) atoms. The van der Waals surface area contributed by atoms with E-state index in [0.29, 0.717) is 23.9 Å². The highest BCUT2D eigenvalue weighted by molar-refractivity contribution is 7.98. The van der Waals surface area contributed by atoms with Gasteiger partial charge in [-0.1, -0.05) is 0 Å². The molecule has 2 rings (SSSR count). The third-order valence-electron chi connectivity index (χ3n) is 2.38. The predicted octanol–water partition coefficient (Wildman–Crippen LogP) is 1.39. The zero-order chi connectivity index (χ0) is 13.2. The molecule has 7 heteroatoms. The fraction of sp³-hybridized carbons (Fsp3) is 0.455. The van der Waals surface area contributed by atoms with E-state index in [9.17, 15) is 9.50 Å². The lowest BCUT2D eigenvalue weighted by molar-refractivity contribution is 0.0995. The Labute approximate surface area is 108 Å². The number of hydrogen-bond donors (Lipinski definition) is 2. The first-order valence-corrected chi connectivity index (χ1v) is 6.87. The van der Waals surface area contributed by atoms with Crippen molar-refractivity contribution >= 4 is 23.4 Å². The molecule has 1 atom stereocenters. The standard InChI is InChI=1S/C11H15FN4OS/c1-11(17,7-18-2)6-13-10-14-9-4-3-8(12)5-16(9)15-10/h3-5,17H,6-7H2,1-2H3,(H,13,15). The van der Waals surface area contributed by atoms with E-state index in [1.165, 1.54) is 16.8 Å². The molecule has 0 fully saturated rings. The number of aliphatic hydroxyl groups is 1. The molecular weight excluding hydrogens is 255 g/mol. The van der Waals surface area contributed by atoms with E-state index in [1.54, 1.807) is 24.8 Å². The summed E-state index contributed by atoms with van der Waals surface area (Å²) in [5, 5.41) is 17.0. The minimum absolute atomic E-state index is 0.340. The van der Waals surface area contributed by atoms with Gasteiger partial charge in [0.15, 0.2) is 5.65 Å². The highest BCUT2D eigenvalue weighted by Crippen LogP contribution is 2.12. The van der Waals surface area contributed by atoms with Gasteiger partial charge in [-0.2, -0.15) is 16.7 Å². The van der Waals surface area contributed by atoms with E-state index in [0.717, 1.165) is 0 Å². The number of nitrogens with zero attached hydrogens (tertiary/aromatic N) is 3. The SMILES string of the molecule is CSCC(C)(O)CNc1nc2ccc(F)cn2n1. The van der Waals surface area contributed by atoms with E-state index >= 15 is 0 Å². The third kappa shape index (κ3) is 3.11. The van der Waals surface area contributed by atoms with Crippen LogP contribution in [0.5, 0.6) is 0 Å². The summed E-state index contributed by atoms with van der Waals surface area (Å²) >= 11 is 1.57. The normalized spacial score (nSPS) is 14.7. The summed E-state index contributed by atoms with van der Waals surface area (Å²) in [7, 11) is 0. The Morgan fingerprint density at radius 2 is 2.33 bits per heavy atom. The van der Waals surface area contributed by atoms with Crippen molar-refractivity contribution in [3.63, 3.8) is 0 Å². The van der Waals surface area contributed by atoms with Crippen molar-refractivity contribution in [3.05, 3.63) is 24.1 Å². The topological polar surface area (TPSA) is 62.5 Å². The molecule has 2 aromatic rings. The van der Waals surface area contributed by atoms with Gasteiger partial charge in [-0.05, 0) is 25.3 Å². The van der Waals surface area contributed by atoms with E-state index in [4.69, 9.17) is 0 Å². The molecule has 0 aliphatic carbocycles. The van der Waals surface area contributed by atoms with Crippen LogP contribution in [0.1, 0.15) is 6.92 Å². The monoisotopic (exact) mass is 270 g/mol. The zero-order valence-corrected chi connectivity index (χ0v) is 11.0. The Hall–Kier alpha value is -1.34. The van der Waals surface area contributed by atoms with Crippen molar-refractivity contribution < 1.29 is 9.50 Å². The Balaban J connectivity index is 2.08. The van der Waals surface area contributed by atoms with Gasteiger partial charge in [-0.25, -0.2) is 8.91 Å². The fourth-order valence-corrected chi connectivity index (χ4v) is 2.29. The van der Waals surface area contributed by atoms with Crippen LogP contribution in [-0.2, 0) is 0 Å². The third-order valence-corrected chi connectivity index (χ3v) is 3.29. The molecule has 0 aliphatic heterocycles. The first kappa shape index (κ1) is 13.1. The lowest BCUT2D eigenvalue weighted by Crippen LogP contribution is -2.36. The summed E-state index contributed by atoms with van der Waals surface area (Å²) in [5.74, 6) is 0.623. The Morgan fingerprint density at radius 3 is 3.06 bits per heavy atom. The first-order valence-electron chi connectivity index (χ1n) is 5.47. The van der Waals surface area contributed by atoms with Crippen molar-refractivity contribution in [2.45, 2.75) is 12.5 Å². The summed E-state index contributed by atoms with van der Waals surface area (Å²) < 4.78 is 14.3. The number of thioether (sulfide) groups is 1. The Morgan fingerprint density at radius 1 is 1.56 bits per heavy atom. The number of aromatic nitrogens is 3. The average molecular weight is 270 g/mol. The van der Waals surface area contributed by atoms with Gasteiger partial charge in [-0.3, -0.25) is 0 Å². The van der Waals surface area contributed by atoms with Gasteiger partial charge < -0.3 is 10.4 Å². The minimum atomic E-state index is -0.831. The Bertz CT molecular complexity index is 543. The maximum atomic E-state index is 13.0. The van der Waals surface area contributed by atoms with E-state index < -0.39 is 5.60 Å². The second kappa shape index (κ2) is 5.11. The molecule has 1 unspecified atom stereocenters. The number of anilines is 1. The molecule has 2 N–H and O–H groups in total. The summed E-state index contributed by atoms with van der Waals surface area (Å²) in [4.78, 5) is 4.17. The van der Waals surface area contributed by atoms with Gasteiger partial charge in [0, 0.05) is 12.3 Å². The number of hydrogen-bond acceptors (Lipinski definition) is 5. The summed E-state index contributed by atoms with van der Waals surface area (Å²) in [5.41, 5.74) is -0.272. The molecule has 0 aliphatic rings. The molecule has 2 heterocycles. The fourth-order valence-electron chi connectivity index (χ4n) is 1.56. The molecule has 98 valence electrons. The van der Waals surface area contributed by atoms with E-state index in [-0.39, 0.29) is 5.82 Å². The molecule has 0 amide bonds. The van der Waals surface area contributed by atoms with Crippen molar-refractivity contribution in [1.82, 2.24) is 14.6 Å². The van der Waals surface area contributed by atoms with Crippen LogP contribution in [0.3, 0.4) is 0 Å². The van der Waals surface area contributed by atoms with Crippen LogP contribution in [-0.4, -0.2) is 43.9 Å². The maximum Gasteiger partial charge on any atom is 0.243 e. The zero-order valence-electron chi connectivity index (χ0n) is 10.2. The van der Waals surface area contributed by atoms with Crippen LogP contribution < -0.4 is 5.32 Å². The number of halogens is 1. The summed E-state index contributed by atoms with van der Waals surface area (Å²) in [6.07, 6.45) is 3.19. The second-order valence-corrected chi connectivity index (χ2v) is 5.24. The lowest BCUT2D eigenvalue weighted by Gasteiger charge is -2.21. The molecule has 0 radical (unpaired) electrons. The largest absolute Gasteiger partial charge is 0.387 e. The van der Waals surface area contributed by atoms with Crippen LogP contribution in [0.25, 0.3) is 5.65 Å². The quantitative estimate of drug-likeness (QED) is 0.860. The van der Waals surface area contributed by atoms with Gasteiger partial charge >= 0.3 is 0 Å². The first-order chi connectivity index (χ1) is 8.50. The van der Waals surface area contributed by atoms with Crippen LogP contribution in [0.15, 0.2) is 18.3 Å². The molecule has 0 saturated heterocycles. The van der Waals surface area contributed by atoms with Gasteiger partial charge in [0.2, 0.25) is 5.95 Å². The minimum Gasteiger partial charge on any atom is -0.387 e. The van der Waals surface area contributed by atoms with Crippen molar-refractivity contribution in [2.24, 2.45) is 0 Å². The highest BCUT2D eigenvalue weighted by atomic mass is 32.2. The molecule has 5 nitrogen and oxygen atoms in total. The van der Waals surface area contributed by atoms with Gasteiger partial charge in [0.25, 0.3) is 0 Å². The predicted molar refractivity (Wildman–Crippen MR) is 70.4 cm³/mol. The number of fused-ring (bicyclic) bond motifs is 1. The van der Waals surface area contributed by atoms with Crippen molar-refractivity contribution in [1.29, 1.82) is 0 Å². The van der Waals surface area contributed by atoms with Crippen LogP contribution in [0.2, 0.25) is 0 Å². The Kier molecular flexibility index (Phi) is 3.72. The van der Waals surface area contributed by atoms with Gasteiger partial charge in [-0.15, -0.1) is 5.10 Å². The van der Waals surface area contributed by atoms with Crippen LogP contribution >= 0.6 is 11.8 Å². The van der Waals surface area contributed by atoms with Crippen LogP contribution in [0, 0.1) is 5.82 Å². The number of rotatable bonds is 5. The molecule has 0 bridgehead atoms. The second-order valence-electron chi connectivity index (χ2n) is 4.37. The molecule has 0 aromatic carbocycles. The van der Waals surface area contributed by atoms with Crippen molar-refractivity contribution in [3.8, 4) is 0 Å². The number of nitrogens with one attached hydrogen (secondary N) is 1. The number of pyridine rings is 1. The molecular formula is C11H15FN4OS. The summed E-state index contributed by atoms with van der Waals surface area (Å²) in [6, 6.07) is 2.88. The van der Waals surface area contributed by atoms with Gasteiger partial charge in [0.1, 0.15) is 5.82 Å². The van der Waals surface area contributed by atoms with Crippen LogP contribution in [0.4, 0.5) is 10.3 Å². The van der Waals surface area contributed by atoms with Crippen molar-refractivity contribution in [2.75, 3.05) is 23.9 Å². The smallest absolute Gasteiger partial charge is 0.243 e. The highest BCUT2D eigenvalue weighted by Gasteiger charge is 2.20. The summed E-state index contributed by atoms with van der Waals surface area (Å²) in [6.45, 7) is 2.08. The van der Waals surface area contributed by atoms with Gasteiger partial charge in [0.05, 0.1) is 11.8 Å². The molecule has 0 spiro atoms. The van der Waals surface area contributed by atoms with E-state index in [2.05, 4.69) is 15.4 Å². The molecule has 2 aromatic heterocycles. The molecule has 0 saturated carbocycles. The lowest BCUT2D eigenvalue weighted by atomic mass is 10.1.